The molecule has 2 nitrogen and oxygen atoms in total. The van der Waals surface area contributed by atoms with Gasteiger partial charge in [-0.2, -0.15) is 0 Å². The van der Waals surface area contributed by atoms with Crippen LogP contribution in [0.2, 0.25) is 0 Å². The van der Waals surface area contributed by atoms with Crippen LogP contribution < -0.4 is 4.00 Å². The van der Waals surface area contributed by atoms with Gasteiger partial charge in [0.1, 0.15) is 0 Å². The van der Waals surface area contributed by atoms with Gasteiger partial charge in [-0.05, 0) is 0 Å². The second kappa shape index (κ2) is 3.03. The average Bonchev–Trinajstić information content (AvgIpc) is 2.06. The highest BCUT2D eigenvalue weighted by Crippen LogP contribution is 2.20. The standard InChI is InChI=1S/C8H9ClNO/c1-10(9,7-11)8-5-3-2-4-6-8/h2-7H,1H3/q+1. The van der Waals surface area contributed by atoms with Crippen molar-refractivity contribution in [3.63, 3.8) is 0 Å². The number of carbonyl (C=O) groups excluding carboxylic acids is 1. The van der Waals surface area contributed by atoms with Gasteiger partial charge in [0.2, 0.25) is 0 Å². The van der Waals surface area contributed by atoms with E-state index < -0.39 is 0 Å². The van der Waals surface area contributed by atoms with E-state index in [4.69, 9.17) is 11.8 Å². The summed E-state index contributed by atoms with van der Waals surface area (Å²) in [5.41, 5.74) is 0.768. The van der Waals surface area contributed by atoms with Gasteiger partial charge in [0.15, 0.2) is 17.5 Å². The van der Waals surface area contributed by atoms with Crippen LogP contribution in [0.4, 0.5) is 5.69 Å². The quantitative estimate of drug-likeness (QED) is 0.490. The van der Waals surface area contributed by atoms with E-state index in [1.807, 2.05) is 18.2 Å². The van der Waals surface area contributed by atoms with Crippen molar-refractivity contribution in [2.75, 3.05) is 7.05 Å². The second-order valence-corrected chi connectivity index (χ2v) is 3.11. The molecule has 11 heavy (non-hydrogen) atoms. The number of hydrogen-bond donors (Lipinski definition) is 0. The summed E-state index contributed by atoms with van der Waals surface area (Å²) in [6, 6.07) is 9.18. The first-order chi connectivity index (χ1) is 5.17. The fourth-order valence-corrected chi connectivity index (χ4v) is 0.893. The summed E-state index contributed by atoms with van der Waals surface area (Å²) >= 11 is 5.82. The third kappa shape index (κ3) is 1.79. The smallest absolute Gasteiger partial charge is 0.232 e. The van der Waals surface area contributed by atoms with Crippen molar-refractivity contribution in [2.24, 2.45) is 0 Å². The molecule has 0 saturated heterocycles. The lowest BCUT2D eigenvalue weighted by atomic mass is 10.3. The number of para-hydroxylation sites is 1. The van der Waals surface area contributed by atoms with Crippen molar-refractivity contribution in [1.82, 2.24) is 4.00 Å². The van der Waals surface area contributed by atoms with Crippen LogP contribution in [0, 0.1) is 0 Å². The molecule has 3 heteroatoms. The molecule has 0 aliphatic carbocycles. The maximum atomic E-state index is 10.5. The van der Waals surface area contributed by atoms with Gasteiger partial charge in [-0.1, -0.05) is 18.2 Å². The maximum absolute atomic E-state index is 10.5. The Kier molecular flexibility index (Phi) is 2.27. The Labute approximate surface area is 70.7 Å². The third-order valence-corrected chi connectivity index (χ3v) is 1.73. The molecule has 0 aliphatic heterocycles. The van der Waals surface area contributed by atoms with Gasteiger partial charge in [0, 0.05) is 12.1 Å². The number of benzene rings is 1. The summed E-state index contributed by atoms with van der Waals surface area (Å²) in [4.78, 5) is 10.5. The zero-order chi connectivity index (χ0) is 8.32. The van der Waals surface area contributed by atoms with Crippen molar-refractivity contribution in [1.29, 1.82) is 0 Å². The molecule has 0 radical (unpaired) electrons. The van der Waals surface area contributed by atoms with Gasteiger partial charge in [-0.25, -0.2) is 4.79 Å². The number of nitrogens with zero attached hydrogens (tertiary/aromatic N) is 1. The van der Waals surface area contributed by atoms with E-state index in [-0.39, 0.29) is 4.00 Å². The topological polar surface area (TPSA) is 17.1 Å². The second-order valence-electron chi connectivity index (χ2n) is 2.40. The molecule has 0 saturated carbocycles. The Morgan fingerprint density at radius 2 is 1.91 bits per heavy atom. The molecule has 0 aliphatic rings. The third-order valence-electron chi connectivity index (χ3n) is 1.46. The van der Waals surface area contributed by atoms with Gasteiger partial charge in [0.05, 0.1) is 7.05 Å². The van der Waals surface area contributed by atoms with Gasteiger partial charge >= 0.3 is 6.41 Å². The first kappa shape index (κ1) is 8.24. The van der Waals surface area contributed by atoms with E-state index in [9.17, 15) is 4.79 Å². The molecule has 1 rings (SSSR count). The van der Waals surface area contributed by atoms with E-state index in [0.717, 1.165) is 5.69 Å². The van der Waals surface area contributed by atoms with Gasteiger partial charge in [-0.15, -0.1) is 4.00 Å². The lowest BCUT2D eigenvalue weighted by Gasteiger charge is -2.13. The molecule has 58 valence electrons. The highest BCUT2D eigenvalue weighted by atomic mass is 35.5. The van der Waals surface area contributed by atoms with Crippen LogP contribution in [0.5, 0.6) is 0 Å². The molecule has 1 aromatic carbocycles. The average molecular weight is 171 g/mol. The van der Waals surface area contributed by atoms with Crippen molar-refractivity contribution in [3.05, 3.63) is 30.3 Å². The SMILES string of the molecule is C[N+](Cl)(C=O)c1ccccc1. The van der Waals surface area contributed by atoms with Crippen LogP contribution in [-0.4, -0.2) is 13.5 Å². The highest BCUT2D eigenvalue weighted by Gasteiger charge is 2.21. The molecule has 0 aromatic heterocycles. The Hall–Kier alpha value is -0.860. The number of quaternary nitrogens is 1. The van der Waals surface area contributed by atoms with Gasteiger partial charge in [0.25, 0.3) is 0 Å². The van der Waals surface area contributed by atoms with Crippen LogP contribution >= 0.6 is 11.8 Å². The summed E-state index contributed by atoms with van der Waals surface area (Å²) < 4.78 is -0.249. The molecule has 0 spiro atoms. The van der Waals surface area contributed by atoms with Gasteiger partial charge < -0.3 is 0 Å². The lowest BCUT2D eigenvalue weighted by molar-refractivity contribution is -0.113. The monoisotopic (exact) mass is 170 g/mol. The number of amides is 1. The summed E-state index contributed by atoms with van der Waals surface area (Å²) in [6.07, 6.45) is 0.677. The van der Waals surface area contributed by atoms with E-state index in [0.29, 0.717) is 6.41 Å². The number of halogens is 1. The summed E-state index contributed by atoms with van der Waals surface area (Å²) in [6.45, 7) is 0. The Balaban J connectivity index is 3.02. The van der Waals surface area contributed by atoms with Crippen LogP contribution in [0.3, 0.4) is 0 Å². The Bertz CT molecular complexity index is 246. The van der Waals surface area contributed by atoms with Crippen molar-refractivity contribution in [3.8, 4) is 0 Å². The predicted molar refractivity (Wildman–Crippen MR) is 46.1 cm³/mol. The minimum atomic E-state index is -0.249. The minimum Gasteiger partial charge on any atom is -0.232 e. The number of hydrogen-bond acceptors (Lipinski definition) is 1. The summed E-state index contributed by atoms with van der Waals surface area (Å²) in [7, 11) is 1.61. The van der Waals surface area contributed by atoms with Crippen LogP contribution in [-0.2, 0) is 4.79 Å². The highest BCUT2D eigenvalue weighted by molar-refractivity contribution is 6.27. The lowest BCUT2D eigenvalue weighted by Crippen LogP contribution is -2.31. The summed E-state index contributed by atoms with van der Waals surface area (Å²) in [5.74, 6) is 0. The van der Waals surface area contributed by atoms with E-state index >= 15 is 0 Å². The predicted octanol–water partition coefficient (Wildman–Crippen LogP) is 1.93. The normalized spacial score (nSPS) is 15.5. The van der Waals surface area contributed by atoms with Gasteiger partial charge in [-0.3, -0.25) is 0 Å². The Morgan fingerprint density at radius 3 is 2.36 bits per heavy atom. The summed E-state index contributed by atoms with van der Waals surface area (Å²) in [5, 5.41) is 0. The molecular weight excluding hydrogens is 162 g/mol. The fraction of sp³-hybridized carbons (Fsp3) is 0.125. The van der Waals surface area contributed by atoms with Crippen LogP contribution in [0.25, 0.3) is 0 Å². The molecule has 1 aromatic rings. The Morgan fingerprint density at radius 1 is 1.36 bits per heavy atom. The van der Waals surface area contributed by atoms with E-state index in [2.05, 4.69) is 0 Å². The maximum Gasteiger partial charge on any atom is 0.324 e. The van der Waals surface area contributed by atoms with Crippen molar-refractivity contribution in [2.45, 2.75) is 0 Å². The molecule has 0 N–H and O–H groups in total. The zero-order valence-corrected chi connectivity index (χ0v) is 6.95. The van der Waals surface area contributed by atoms with Crippen LogP contribution in [0.15, 0.2) is 30.3 Å². The zero-order valence-electron chi connectivity index (χ0n) is 6.20. The van der Waals surface area contributed by atoms with E-state index in [1.165, 1.54) is 0 Å². The largest absolute Gasteiger partial charge is 0.324 e. The molecule has 1 atom stereocenters. The number of carbonyl (C=O) groups is 1. The molecule has 1 amide bonds. The van der Waals surface area contributed by atoms with Crippen molar-refractivity contribution < 1.29 is 4.79 Å². The molecule has 0 heterocycles. The first-order valence-corrected chi connectivity index (χ1v) is 3.58. The molecular formula is C8H9ClNO+. The van der Waals surface area contributed by atoms with E-state index in [1.54, 1.807) is 19.2 Å². The fourth-order valence-electron chi connectivity index (χ4n) is 0.780. The molecule has 0 bridgehead atoms. The molecule has 1 unspecified atom stereocenters. The molecule has 0 fully saturated rings. The van der Waals surface area contributed by atoms with Crippen LogP contribution in [0.1, 0.15) is 0 Å². The first-order valence-electron chi connectivity index (χ1n) is 3.24. The number of rotatable bonds is 2. The minimum absolute atomic E-state index is 0.249. The van der Waals surface area contributed by atoms with Crippen molar-refractivity contribution >= 4 is 23.9 Å².